The summed E-state index contributed by atoms with van der Waals surface area (Å²) in [6.45, 7) is 0. The maximum Gasteiger partial charge on any atom is 0.305 e. The zero-order valence-corrected chi connectivity index (χ0v) is 10.4. The first-order valence-electron chi connectivity index (χ1n) is 5.81. The Morgan fingerprint density at radius 2 is 2.20 bits per heavy atom. The van der Waals surface area contributed by atoms with Gasteiger partial charge in [-0.05, 0) is 18.2 Å². The number of rotatable bonds is 5. The maximum absolute atomic E-state index is 11.8. The Hall–Kier alpha value is -2.74. The number of carbonyl (C=O) groups is 2. The van der Waals surface area contributed by atoms with Crippen LogP contribution in [0.2, 0.25) is 0 Å². The van der Waals surface area contributed by atoms with Gasteiger partial charge in [-0.15, -0.1) is 0 Å². The predicted octanol–water partition coefficient (Wildman–Crippen LogP) is 0.00780. The van der Waals surface area contributed by atoms with Crippen molar-refractivity contribution in [3.05, 3.63) is 36.8 Å². The fraction of sp³-hybridized carbons (Fsp3) is 0.167. The smallest absolute Gasteiger partial charge is 0.305 e. The van der Waals surface area contributed by atoms with Crippen molar-refractivity contribution < 1.29 is 14.7 Å². The number of anilines is 1. The number of carboxylic acid groups (broad SMARTS) is 1. The minimum atomic E-state index is -1.13. The summed E-state index contributed by atoms with van der Waals surface area (Å²) in [5.41, 5.74) is 5.90. The molecule has 1 unspecified atom stereocenters. The molecule has 2 rings (SSSR count). The van der Waals surface area contributed by atoms with Crippen molar-refractivity contribution in [2.75, 3.05) is 5.32 Å². The van der Waals surface area contributed by atoms with Crippen LogP contribution in [-0.2, 0) is 9.59 Å². The van der Waals surface area contributed by atoms with Gasteiger partial charge in [-0.25, -0.2) is 9.67 Å². The molecule has 20 heavy (non-hydrogen) atoms. The lowest BCUT2D eigenvalue weighted by Gasteiger charge is -2.12. The molecule has 0 spiro atoms. The second kappa shape index (κ2) is 5.93. The number of amides is 1. The largest absolute Gasteiger partial charge is 0.481 e. The first kappa shape index (κ1) is 13.7. The summed E-state index contributed by atoms with van der Waals surface area (Å²) >= 11 is 0. The highest BCUT2D eigenvalue weighted by Gasteiger charge is 2.18. The standard InChI is InChI=1S/C12H13N5O3/c13-8(7-10(18)19)12(20)16-9-3-1-4-14-11(9)17-6-2-5-15-17/h1-6,8H,7,13H2,(H,16,20)(H,18,19). The molecule has 4 N–H and O–H groups in total. The van der Waals surface area contributed by atoms with Crippen molar-refractivity contribution in [3.63, 3.8) is 0 Å². The third-order valence-electron chi connectivity index (χ3n) is 2.50. The van der Waals surface area contributed by atoms with Crippen molar-refractivity contribution in [1.29, 1.82) is 0 Å². The molecule has 0 aliphatic heterocycles. The van der Waals surface area contributed by atoms with E-state index in [1.807, 2.05) is 0 Å². The summed E-state index contributed by atoms with van der Waals surface area (Å²) in [6, 6.07) is 3.87. The van der Waals surface area contributed by atoms with E-state index in [-0.39, 0.29) is 0 Å². The fourth-order valence-electron chi connectivity index (χ4n) is 1.58. The molecule has 8 heteroatoms. The van der Waals surface area contributed by atoms with E-state index in [1.165, 1.54) is 4.68 Å². The van der Waals surface area contributed by atoms with Gasteiger partial charge in [-0.1, -0.05) is 0 Å². The van der Waals surface area contributed by atoms with Gasteiger partial charge in [0.1, 0.15) is 0 Å². The van der Waals surface area contributed by atoms with Crippen LogP contribution in [0.1, 0.15) is 6.42 Å². The van der Waals surface area contributed by atoms with Gasteiger partial charge < -0.3 is 16.2 Å². The number of nitrogens with one attached hydrogen (secondary N) is 1. The van der Waals surface area contributed by atoms with Crippen molar-refractivity contribution in [2.45, 2.75) is 12.5 Å². The molecule has 0 aromatic carbocycles. The van der Waals surface area contributed by atoms with E-state index in [9.17, 15) is 9.59 Å². The van der Waals surface area contributed by atoms with Gasteiger partial charge in [0.2, 0.25) is 5.91 Å². The zero-order valence-electron chi connectivity index (χ0n) is 10.4. The van der Waals surface area contributed by atoms with E-state index in [0.29, 0.717) is 11.5 Å². The molecule has 1 amide bonds. The Morgan fingerprint density at radius 1 is 1.40 bits per heavy atom. The molecule has 2 aromatic heterocycles. The van der Waals surface area contributed by atoms with Crippen molar-refractivity contribution in [1.82, 2.24) is 14.8 Å². The number of carbonyl (C=O) groups excluding carboxylic acids is 1. The van der Waals surface area contributed by atoms with Crippen molar-refractivity contribution in [2.24, 2.45) is 5.73 Å². The van der Waals surface area contributed by atoms with E-state index >= 15 is 0 Å². The molecule has 0 aliphatic rings. The van der Waals surface area contributed by atoms with E-state index in [0.717, 1.165) is 0 Å². The topological polar surface area (TPSA) is 123 Å². The molecule has 104 valence electrons. The Bertz CT molecular complexity index is 611. The van der Waals surface area contributed by atoms with Gasteiger partial charge in [-0.2, -0.15) is 5.10 Å². The quantitative estimate of drug-likeness (QED) is 0.706. The van der Waals surface area contributed by atoms with E-state index < -0.39 is 24.3 Å². The number of pyridine rings is 1. The number of hydrogen-bond donors (Lipinski definition) is 3. The van der Waals surface area contributed by atoms with Crippen LogP contribution in [0.5, 0.6) is 0 Å². The molecule has 0 radical (unpaired) electrons. The Morgan fingerprint density at radius 3 is 2.85 bits per heavy atom. The molecule has 8 nitrogen and oxygen atoms in total. The molecule has 0 saturated carbocycles. The molecular weight excluding hydrogens is 262 g/mol. The van der Waals surface area contributed by atoms with Crippen LogP contribution in [0, 0.1) is 0 Å². The highest BCUT2D eigenvalue weighted by molar-refractivity contribution is 5.97. The molecule has 1 atom stereocenters. The van der Waals surface area contributed by atoms with Gasteiger partial charge in [0.05, 0.1) is 18.2 Å². The second-order valence-electron chi connectivity index (χ2n) is 4.02. The van der Waals surface area contributed by atoms with Crippen LogP contribution in [0.25, 0.3) is 5.82 Å². The van der Waals surface area contributed by atoms with Crippen LogP contribution in [-0.4, -0.2) is 37.8 Å². The van der Waals surface area contributed by atoms with Crippen LogP contribution in [0.3, 0.4) is 0 Å². The summed E-state index contributed by atoms with van der Waals surface area (Å²) in [7, 11) is 0. The lowest BCUT2D eigenvalue weighted by atomic mass is 10.2. The number of aromatic nitrogens is 3. The van der Waals surface area contributed by atoms with Crippen LogP contribution >= 0.6 is 0 Å². The minimum absolute atomic E-state index is 0.405. The normalized spacial score (nSPS) is 11.8. The molecule has 0 saturated heterocycles. The summed E-state index contributed by atoms with van der Waals surface area (Å²) in [5.74, 6) is -1.30. The van der Waals surface area contributed by atoms with Crippen molar-refractivity contribution >= 4 is 17.6 Å². The van der Waals surface area contributed by atoms with E-state index in [1.54, 1.807) is 36.8 Å². The molecule has 2 aromatic rings. The first-order chi connectivity index (χ1) is 9.58. The Labute approximate surface area is 114 Å². The maximum atomic E-state index is 11.8. The lowest BCUT2D eigenvalue weighted by Crippen LogP contribution is -2.37. The number of hydrogen-bond acceptors (Lipinski definition) is 5. The summed E-state index contributed by atoms with van der Waals surface area (Å²) in [4.78, 5) is 26.5. The molecule has 0 fully saturated rings. The first-order valence-corrected chi connectivity index (χ1v) is 5.81. The second-order valence-corrected chi connectivity index (χ2v) is 4.02. The molecule has 0 bridgehead atoms. The zero-order chi connectivity index (χ0) is 14.5. The number of carboxylic acids is 1. The number of nitrogens with two attached hydrogens (primary N) is 1. The number of nitrogens with zero attached hydrogens (tertiary/aromatic N) is 3. The SMILES string of the molecule is NC(CC(=O)O)C(=O)Nc1cccnc1-n1cccn1. The molecule has 2 heterocycles. The van der Waals surface area contributed by atoms with Gasteiger partial charge >= 0.3 is 5.97 Å². The predicted molar refractivity (Wildman–Crippen MR) is 70.2 cm³/mol. The average molecular weight is 275 g/mol. The summed E-state index contributed by atoms with van der Waals surface area (Å²) in [6.07, 6.45) is 4.37. The third kappa shape index (κ3) is 3.18. The monoisotopic (exact) mass is 275 g/mol. The van der Waals surface area contributed by atoms with Gasteiger partial charge in [0, 0.05) is 18.6 Å². The van der Waals surface area contributed by atoms with Crippen LogP contribution in [0.4, 0.5) is 5.69 Å². The molecule has 0 aliphatic carbocycles. The van der Waals surface area contributed by atoms with Crippen molar-refractivity contribution in [3.8, 4) is 5.82 Å². The van der Waals surface area contributed by atoms with Crippen LogP contribution in [0.15, 0.2) is 36.8 Å². The summed E-state index contributed by atoms with van der Waals surface area (Å²) in [5, 5.41) is 15.2. The third-order valence-corrected chi connectivity index (χ3v) is 2.50. The minimum Gasteiger partial charge on any atom is -0.481 e. The van der Waals surface area contributed by atoms with Gasteiger partial charge in [0.25, 0.3) is 0 Å². The lowest BCUT2D eigenvalue weighted by molar-refractivity contribution is -0.138. The summed E-state index contributed by atoms with van der Waals surface area (Å²) < 4.78 is 1.48. The van der Waals surface area contributed by atoms with Gasteiger partial charge in [0.15, 0.2) is 5.82 Å². The fourth-order valence-corrected chi connectivity index (χ4v) is 1.58. The average Bonchev–Trinajstić information content (AvgIpc) is 2.92. The molecular formula is C12H13N5O3. The Kier molecular flexibility index (Phi) is 4.06. The van der Waals surface area contributed by atoms with E-state index in [4.69, 9.17) is 10.8 Å². The highest BCUT2D eigenvalue weighted by atomic mass is 16.4. The van der Waals surface area contributed by atoms with Gasteiger partial charge in [-0.3, -0.25) is 9.59 Å². The van der Waals surface area contributed by atoms with Crippen LogP contribution < -0.4 is 11.1 Å². The Balaban J connectivity index is 2.18. The number of aliphatic carboxylic acids is 1. The van der Waals surface area contributed by atoms with E-state index in [2.05, 4.69) is 15.4 Å². The highest BCUT2D eigenvalue weighted by Crippen LogP contribution is 2.16.